The van der Waals surface area contributed by atoms with Crippen LogP contribution in [0.2, 0.25) is 0 Å². The predicted molar refractivity (Wildman–Crippen MR) is 93.7 cm³/mol. The van der Waals surface area contributed by atoms with Crippen LogP contribution in [0.1, 0.15) is 34.6 Å². The molecule has 0 bridgehead atoms. The van der Waals surface area contributed by atoms with E-state index in [0.29, 0.717) is 36.0 Å². The molecule has 0 saturated carbocycles. The first-order valence-electron chi connectivity index (χ1n) is 8.43. The molecule has 0 atom stereocenters. The minimum atomic E-state index is 0.00320. The van der Waals surface area contributed by atoms with Gasteiger partial charge in [0.25, 0.3) is 0 Å². The van der Waals surface area contributed by atoms with Crippen LogP contribution in [0.3, 0.4) is 0 Å². The van der Waals surface area contributed by atoms with Gasteiger partial charge < -0.3 is 14.2 Å². The van der Waals surface area contributed by atoms with Crippen LogP contribution in [0.5, 0.6) is 0 Å². The van der Waals surface area contributed by atoms with Gasteiger partial charge in [-0.1, -0.05) is 5.16 Å². The summed E-state index contributed by atoms with van der Waals surface area (Å²) in [7, 11) is 1.59. The highest BCUT2D eigenvalue weighted by Gasteiger charge is 2.22. The standard InChI is InChI=1S/C18H21N5O3/c1-13(24)15-4-3-14(10-19)9-16(15)23-7-5-22(6-8-23)11-18-20-17(12-25-2)21-26-18/h3-4,9H,5-8,11-12H2,1-2H3. The maximum atomic E-state index is 11.9. The van der Waals surface area contributed by atoms with E-state index >= 15 is 0 Å². The maximum absolute atomic E-state index is 11.9. The van der Waals surface area contributed by atoms with Gasteiger partial charge in [0.1, 0.15) is 6.61 Å². The largest absolute Gasteiger partial charge is 0.377 e. The second-order valence-electron chi connectivity index (χ2n) is 6.20. The van der Waals surface area contributed by atoms with Crippen LogP contribution in [0, 0.1) is 11.3 Å². The molecule has 3 rings (SSSR count). The molecule has 1 saturated heterocycles. The quantitative estimate of drug-likeness (QED) is 0.721. The summed E-state index contributed by atoms with van der Waals surface area (Å²) in [5, 5.41) is 13.0. The Morgan fingerprint density at radius 3 is 2.77 bits per heavy atom. The third kappa shape index (κ3) is 4.07. The Morgan fingerprint density at radius 1 is 1.35 bits per heavy atom. The van der Waals surface area contributed by atoms with Gasteiger partial charge >= 0.3 is 0 Å². The molecule has 1 aromatic heterocycles. The fourth-order valence-corrected chi connectivity index (χ4v) is 3.04. The van der Waals surface area contributed by atoms with E-state index in [0.717, 1.165) is 31.9 Å². The first-order chi connectivity index (χ1) is 12.6. The fourth-order valence-electron chi connectivity index (χ4n) is 3.04. The van der Waals surface area contributed by atoms with Gasteiger partial charge in [0.15, 0.2) is 11.6 Å². The van der Waals surface area contributed by atoms with E-state index in [2.05, 4.69) is 26.0 Å². The van der Waals surface area contributed by atoms with Crippen LogP contribution in [0.25, 0.3) is 0 Å². The van der Waals surface area contributed by atoms with Gasteiger partial charge in [0.2, 0.25) is 5.89 Å². The van der Waals surface area contributed by atoms with E-state index in [9.17, 15) is 4.79 Å². The van der Waals surface area contributed by atoms with Crippen molar-refractivity contribution in [1.82, 2.24) is 15.0 Å². The van der Waals surface area contributed by atoms with Gasteiger partial charge in [0.05, 0.1) is 18.2 Å². The molecule has 26 heavy (non-hydrogen) atoms. The van der Waals surface area contributed by atoms with E-state index in [1.54, 1.807) is 32.2 Å². The van der Waals surface area contributed by atoms with Crippen molar-refractivity contribution >= 4 is 11.5 Å². The van der Waals surface area contributed by atoms with Crippen LogP contribution < -0.4 is 4.90 Å². The fraction of sp³-hybridized carbons (Fsp3) is 0.444. The van der Waals surface area contributed by atoms with Crippen molar-refractivity contribution in [2.45, 2.75) is 20.1 Å². The molecule has 1 aliphatic rings. The number of anilines is 1. The van der Waals surface area contributed by atoms with Crippen LogP contribution in [0.4, 0.5) is 5.69 Å². The number of piperazine rings is 1. The molecule has 1 fully saturated rings. The molecule has 0 spiro atoms. The van der Waals surface area contributed by atoms with Gasteiger partial charge in [-0.25, -0.2) is 0 Å². The Hall–Kier alpha value is -2.76. The zero-order valence-electron chi connectivity index (χ0n) is 14.9. The summed E-state index contributed by atoms with van der Waals surface area (Å²) in [5.41, 5.74) is 2.04. The Morgan fingerprint density at radius 2 is 2.12 bits per heavy atom. The lowest BCUT2D eigenvalue weighted by Gasteiger charge is -2.36. The van der Waals surface area contributed by atoms with Gasteiger partial charge in [-0.3, -0.25) is 9.69 Å². The molecular weight excluding hydrogens is 334 g/mol. The molecule has 2 heterocycles. The Labute approximate surface area is 152 Å². The Balaban J connectivity index is 1.65. The van der Waals surface area contributed by atoms with Crippen LogP contribution >= 0.6 is 0 Å². The van der Waals surface area contributed by atoms with Crippen molar-refractivity contribution < 1.29 is 14.1 Å². The number of carbonyl (C=O) groups excluding carboxylic acids is 1. The third-order valence-corrected chi connectivity index (χ3v) is 4.36. The second kappa shape index (κ2) is 8.08. The van der Waals surface area contributed by atoms with Crippen molar-refractivity contribution in [3.63, 3.8) is 0 Å². The number of benzene rings is 1. The molecule has 0 radical (unpaired) electrons. The number of nitriles is 1. The first kappa shape index (κ1) is 18.0. The number of methoxy groups -OCH3 is 1. The highest BCUT2D eigenvalue weighted by atomic mass is 16.5. The number of aromatic nitrogens is 2. The molecule has 1 aromatic carbocycles. The number of Topliss-reactive ketones (excluding diaryl/α,β-unsaturated/α-hetero) is 1. The molecule has 0 N–H and O–H groups in total. The summed E-state index contributed by atoms with van der Waals surface area (Å²) < 4.78 is 10.2. The summed E-state index contributed by atoms with van der Waals surface area (Å²) in [6, 6.07) is 7.35. The minimum Gasteiger partial charge on any atom is -0.377 e. The molecule has 8 nitrogen and oxygen atoms in total. The average Bonchev–Trinajstić information content (AvgIpc) is 3.09. The van der Waals surface area contributed by atoms with Crippen molar-refractivity contribution in [2.24, 2.45) is 0 Å². The summed E-state index contributed by atoms with van der Waals surface area (Å²) in [5.74, 6) is 1.12. The normalized spacial score (nSPS) is 15.0. The van der Waals surface area contributed by atoms with E-state index < -0.39 is 0 Å². The summed E-state index contributed by atoms with van der Waals surface area (Å²) in [6.45, 7) is 5.59. The summed E-state index contributed by atoms with van der Waals surface area (Å²) >= 11 is 0. The number of nitrogens with zero attached hydrogens (tertiary/aromatic N) is 5. The van der Waals surface area contributed by atoms with E-state index in [1.807, 2.05) is 0 Å². The van der Waals surface area contributed by atoms with Crippen LogP contribution in [-0.4, -0.2) is 54.1 Å². The smallest absolute Gasteiger partial charge is 0.240 e. The average molecular weight is 355 g/mol. The highest BCUT2D eigenvalue weighted by Crippen LogP contribution is 2.24. The van der Waals surface area contributed by atoms with Crippen molar-refractivity contribution in [3.8, 4) is 6.07 Å². The van der Waals surface area contributed by atoms with E-state index in [1.165, 1.54) is 0 Å². The van der Waals surface area contributed by atoms with E-state index in [4.69, 9.17) is 14.5 Å². The first-order valence-corrected chi connectivity index (χ1v) is 8.43. The van der Waals surface area contributed by atoms with Gasteiger partial charge in [0, 0.05) is 44.5 Å². The molecular formula is C18H21N5O3. The molecule has 2 aromatic rings. The number of hydrogen-bond acceptors (Lipinski definition) is 8. The van der Waals surface area contributed by atoms with Crippen molar-refractivity contribution in [1.29, 1.82) is 5.26 Å². The Bertz CT molecular complexity index is 818. The number of hydrogen-bond donors (Lipinski definition) is 0. The number of rotatable bonds is 6. The lowest BCUT2D eigenvalue weighted by Crippen LogP contribution is -2.46. The summed E-state index contributed by atoms with van der Waals surface area (Å²) in [6.07, 6.45) is 0. The lowest BCUT2D eigenvalue weighted by atomic mass is 10.0. The molecule has 0 aliphatic carbocycles. The number of carbonyl (C=O) groups is 1. The second-order valence-corrected chi connectivity index (χ2v) is 6.20. The third-order valence-electron chi connectivity index (χ3n) is 4.36. The van der Waals surface area contributed by atoms with Crippen LogP contribution in [0.15, 0.2) is 22.7 Å². The molecule has 136 valence electrons. The predicted octanol–water partition coefficient (Wildman–Crippen LogP) is 1.61. The number of ether oxygens (including phenoxy) is 1. The van der Waals surface area contributed by atoms with E-state index in [-0.39, 0.29) is 5.78 Å². The molecule has 1 aliphatic heterocycles. The minimum absolute atomic E-state index is 0.00320. The molecule has 0 amide bonds. The van der Waals surface area contributed by atoms with Crippen molar-refractivity contribution in [3.05, 3.63) is 41.0 Å². The lowest BCUT2D eigenvalue weighted by molar-refractivity contribution is 0.101. The van der Waals surface area contributed by atoms with Gasteiger partial charge in [-0.05, 0) is 25.1 Å². The van der Waals surface area contributed by atoms with Crippen LogP contribution in [-0.2, 0) is 17.9 Å². The Kier molecular flexibility index (Phi) is 5.61. The molecule has 0 unspecified atom stereocenters. The zero-order valence-corrected chi connectivity index (χ0v) is 14.9. The summed E-state index contributed by atoms with van der Waals surface area (Å²) in [4.78, 5) is 20.6. The highest BCUT2D eigenvalue weighted by molar-refractivity contribution is 6.00. The van der Waals surface area contributed by atoms with Gasteiger partial charge in [-0.15, -0.1) is 0 Å². The maximum Gasteiger partial charge on any atom is 0.240 e. The SMILES string of the molecule is COCc1noc(CN2CCN(c3cc(C#N)ccc3C(C)=O)CC2)n1. The monoisotopic (exact) mass is 355 g/mol. The van der Waals surface area contributed by atoms with Crippen molar-refractivity contribution in [2.75, 3.05) is 38.2 Å². The number of ketones is 1. The van der Waals surface area contributed by atoms with Gasteiger partial charge in [-0.2, -0.15) is 10.2 Å². The zero-order chi connectivity index (χ0) is 18.5. The molecule has 8 heteroatoms. The topological polar surface area (TPSA) is 95.5 Å².